The van der Waals surface area contributed by atoms with Crippen LogP contribution in [0.2, 0.25) is 0 Å². The molecule has 128 valence electrons. The summed E-state index contributed by atoms with van der Waals surface area (Å²) in [6.45, 7) is -1.86. The van der Waals surface area contributed by atoms with E-state index in [1.165, 1.54) is 12.1 Å². The van der Waals surface area contributed by atoms with Crippen molar-refractivity contribution in [3.8, 4) is 17.3 Å². The Labute approximate surface area is 142 Å². The Bertz CT molecular complexity index is 762. The first-order valence-electron chi connectivity index (χ1n) is 6.60. The predicted molar refractivity (Wildman–Crippen MR) is 79.2 cm³/mol. The lowest BCUT2D eigenvalue weighted by atomic mass is 10.1. The van der Waals surface area contributed by atoms with Crippen molar-refractivity contribution >= 4 is 15.9 Å². The molecule has 0 amide bonds. The first kappa shape index (κ1) is 18.4. The second kappa shape index (κ2) is 7.32. The minimum absolute atomic E-state index is 0.0874. The molecule has 0 saturated carbocycles. The summed E-state index contributed by atoms with van der Waals surface area (Å²) in [7, 11) is 0. The Hall–Kier alpha value is -1.92. The van der Waals surface area contributed by atoms with Crippen LogP contribution in [0, 0.1) is 17.1 Å². The molecule has 0 radical (unpaired) electrons. The standard InChI is InChI=1S/C15H10BrF5N2O/c16-12-11(7-22)13(9-1-3-10(18)4-2-9)23(8-24-6-5-17)14(12)15(19,20)21/h1-4H,5-6,8H2. The Morgan fingerprint density at radius 2 is 1.83 bits per heavy atom. The number of hydrogen-bond donors (Lipinski definition) is 0. The molecule has 24 heavy (non-hydrogen) atoms. The molecular formula is C15H10BrF5N2O. The summed E-state index contributed by atoms with van der Waals surface area (Å²) in [5.41, 5.74) is -1.28. The molecule has 1 aromatic carbocycles. The van der Waals surface area contributed by atoms with Gasteiger partial charge in [-0.1, -0.05) is 0 Å². The normalized spacial score (nSPS) is 11.5. The van der Waals surface area contributed by atoms with E-state index in [9.17, 15) is 27.2 Å². The van der Waals surface area contributed by atoms with Crippen molar-refractivity contribution in [2.24, 2.45) is 0 Å². The smallest absolute Gasteiger partial charge is 0.358 e. The van der Waals surface area contributed by atoms with Gasteiger partial charge in [0.1, 0.15) is 31.0 Å². The molecule has 0 spiro atoms. The number of alkyl halides is 4. The van der Waals surface area contributed by atoms with Crippen molar-refractivity contribution in [3.63, 3.8) is 0 Å². The van der Waals surface area contributed by atoms with Crippen LogP contribution < -0.4 is 0 Å². The lowest BCUT2D eigenvalue weighted by molar-refractivity contribution is -0.146. The maximum Gasteiger partial charge on any atom is 0.432 e. The predicted octanol–water partition coefficient (Wildman–Crippen LogP) is 4.89. The number of rotatable bonds is 5. The van der Waals surface area contributed by atoms with Gasteiger partial charge in [0, 0.05) is 0 Å². The summed E-state index contributed by atoms with van der Waals surface area (Å²) in [4.78, 5) is 0. The average molecular weight is 409 g/mol. The lowest BCUT2D eigenvalue weighted by Gasteiger charge is -2.15. The van der Waals surface area contributed by atoms with E-state index in [0.717, 1.165) is 16.7 Å². The van der Waals surface area contributed by atoms with E-state index in [0.29, 0.717) is 0 Å². The summed E-state index contributed by atoms with van der Waals surface area (Å²) < 4.78 is 70.6. The molecule has 0 bridgehead atoms. The molecule has 0 fully saturated rings. The number of aromatic nitrogens is 1. The fraction of sp³-hybridized carbons (Fsp3) is 0.267. The zero-order valence-corrected chi connectivity index (χ0v) is 13.6. The summed E-state index contributed by atoms with van der Waals surface area (Å²) in [6.07, 6.45) is -4.78. The van der Waals surface area contributed by atoms with E-state index in [2.05, 4.69) is 15.9 Å². The molecule has 2 aromatic rings. The van der Waals surface area contributed by atoms with E-state index in [4.69, 9.17) is 4.74 Å². The highest BCUT2D eigenvalue weighted by molar-refractivity contribution is 9.10. The fourth-order valence-electron chi connectivity index (χ4n) is 2.21. The molecule has 9 heteroatoms. The maximum absolute atomic E-state index is 13.4. The molecular weight excluding hydrogens is 399 g/mol. The Morgan fingerprint density at radius 3 is 2.33 bits per heavy atom. The van der Waals surface area contributed by atoms with E-state index in [-0.39, 0.29) is 16.8 Å². The first-order valence-corrected chi connectivity index (χ1v) is 7.39. The van der Waals surface area contributed by atoms with Gasteiger partial charge in [0.2, 0.25) is 0 Å². The molecule has 1 heterocycles. The summed E-state index contributed by atoms with van der Waals surface area (Å²) >= 11 is 2.80. The van der Waals surface area contributed by atoms with Crippen LogP contribution in [0.15, 0.2) is 28.7 Å². The molecule has 0 N–H and O–H groups in total. The van der Waals surface area contributed by atoms with Gasteiger partial charge >= 0.3 is 6.18 Å². The van der Waals surface area contributed by atoms with Gasteiger partial charge in [-0.15, -0.1) is 0 Å². The van der Waals surface area contributed by atoms with Crippen LogP contribution >= 0.6 is 15.9 Å². The minimum Gasteiger partial charge on any atom is -0.358 e. The van der Waals surface area contributed by atoms with Gasteiger partial charge in [-0.3, -0.25) is 0 Å². The van der Waals surface area contributed by atoms with Crippen LogP contribution in [0.3, 0.4) is 0 Å². The second-order valence-electron chi connectivity index (χ2n) is 4.66. The van der Waals surface area contributed by atoms with Gasteiger partial charge in [-0.05, 0) is 45.8 Å². The zero-order valence-electron chi connectivity index (χ0n) is 12.0. The fourth-order valence-corrected chi connectivity index (χ4v) is 2.93. The van der Waals surface area contributed by atoms with Crippen molar-refractivity contribution in [1.82, 2.24) is 4.57 Å². The zero-order chi connectivity index (χ0) is 17.9. The van der Waals surface area contributed by atoms with Crippen molar-refractivity contribution in [2.75, 3.05) is 13.3 Å². The molecule has 0 atom stereocenters. The summed E-state index contributed by atoms with van der Waals surface area (Å²) in [5.74, 6) is -0.570. The van der Waals surface area contributed by atoms with E-state index in [1.54, 1.807) is 6.07 Å². The molecule has 0 aliphatic heterocycles. The highest BCUT2D eigenvalue weighted by atomic mass is 79.9. The number of nitriles is 1. The van der Waals surface area contributed by atoms with Crippen molar-refractivity contribution in [1.29, 1.82) is 5.26 Å². The van der Waals surface area contributed by atoms with Crippen LogP contribution in [0.1, 0.15) is 11.3 Å². The molecule has 2 rings (SSSR count). The lowest BCUT2D eigenvalue weighted by Crippen LogP contribution is -2.17. The summed E-state index contributed by atoms with van der Waals surface area (Å²) in [6, 6.07) is 6.35. The molecule has 1 aromatic heterocycles. The quantitative estimate of drug-likeness (QED) is 0.521. The van der Waals surface area contributed by atoms with Crippen LogP contribution in [0.25, 0.3) is 11.3 Å². The van der Waals surface area contributed by atoms with Crippen LogP contribution in [0.4, 0.5) is 22.0 Å². The van der Waals surface area contributed by atoms with E-state index < -0.39 is 42.2 Å². The van der Waals surface area contributed by atoms with Crippen LogP contribution in [-0.2, 0) is 17.6 Å². The Morgan fingerprint density at radius 1 is 1.21 bits per heavy atom. The van der Waals surface area contributed by atoms with Crippen LogP contribution in [0.5, 0.6) is 0 Å². The third-order valence-electron chi connectivity index (χ3n) is 3.14. The minimum atomic E-state index is -4.78. The second-order valence-corrected chi connectivity index (χ2v) is 5.45. The highest BCUT2D eigenvalue weighted by Crippen LogP contribution is 2.43. The van der Waals surface area contributed by atoms with Gasteiger partial charge < -0.3 is 9.30 Å². The number of nitrogens with zero attached hydrogens (tertiary/aromatic N) is 2. The molecule has 0 unspecified atom stereocenters. The maximum atomic E-state index is 13.4. The van der Waals surface area contributed by atoms with Gasteiger partial charge in [0.25, 0.3) is 0 Å². The van der Waals surface area contributed by atoms with Gasteiger partial charge in [-0.25, -0.2) is 8.78 Å². The van der Waals surface area contributed by atoms with Gasteiger partial charge in [0.15, 0.2) is 0 Å². The molecule has 0 saturated heterocycles. The number of ether oxygens (including phenoxy) is 1. The highest BCUT2D eigenvalue weighted by Gasteiger charge is 2.40. The van der Waals surface area contributed by atoms with Gasteiger partial charge in [-0.2, -0.15) is 18.4 Å². The van der Waals surface area contributed by atoms with E-state index in [1.807, 2.05) is 0 Å². The van der Waals surface area contributed by atoms with Gasteiger partial charge in [0.05, 0.1) is 22.3 Å². The monoisotopic (exact) mass is 408 g/mol. The van der Waals surface area contributed by atoms with E-state index >= 15 is 0 Å². The third kappa shape index (κ3) is 3.60. The average Bonchev–Trinajstić information content (AvgIpc) is 2.80. The largest absolute Gasteiger partial charge is 0.432 e. The Balaban J connectivity index is 2.70. The third-order valence-corrected chi connectivity index (χ3v) is 3.92. The van der Waals surface area contributed by atoms with Crippen LogP contribution in [-0.4, -0.2) is 17.8 Å². The topological polar surface area (TPSA) is 38.0 Å². The molecule has 3 nitrogen and oxygen atoms in total. The van der Waals surface area contributed by atoms with Crippen molar-refractivity contribution < 1.29 is 26.7 Å². The molecule has 0 aliphatic rings. The summed E-state index contributed by atoms with van der Waals surface area (Å²) in [5, 5.41) is 9.25. The first-order chi connectivity index (χ1) is 11.3. The Kier molecular flexibility index (Phi) is 5.62. The number of benzene rings is 1. The SMILES string of the molecule is N#Cc1c(Br)c(C(F)(F)F)n(COCCF)c1-c1ccc(F)cc1. The van der Waals surface area contributed by atoms with Crippen molar-refractivity contribution in [2.45, 2.75) is 12.9 Å². The number of halogens is 6. The number of hydrogen-bond acceptors (Lipinski definition) is 2. The van der Waals surface area contributed by atoms with Crippen molar-refractivity contribution in [3.05, 3.63) is 45.8 Å². The molecule has 0 aliphatic carbocycles.